The number of aromatic nitrogens is 1. The van der Waals surface area contributed by atoms with E-state index in [9.17, 15) is 5.11 Å². The van der Waals surface area contributed by atoms with Crippen LogP contribution < -0.4 is 5.43 Å². The molecule has 0 saturated heterocycles. The minimum atomic E-state index is 0.247. The van der Waals surface area contributed by atoms with Gasteiger partial charge >= 0.3 is 0 Å². The van der Waals surface area contributed by atoms with Gasteiger partial charge in [0.25, 0.3) is 0 Å². The molecular formula is C11H9I2N3OS. The van der Waals surface area contributed by atoms with Gasteiger partial charge in [0.15, 0.2) is 0 Å². The van der Waals surface area contributed by atoms with Crippen LogP contribution in [0.25, 0.3) is 0 Å². The third kappa shape index (κ3) is 3.54. The molecule has 0 spiro atoms. The summed E-state index contributed by atoms with van der Waals surface area (Å²) in [6.07, 6.45) is 1.59. The molecular weight excluding hydrogens is 476 g/mol. The van der Waals surface area contributed by atoms with Gasteiger partial charge in [0.1, 0.15) is 5.75 Å². The Morgan fingerprint density at radius 1 is 1.44 bits per heavy atom. The SMILES string of the molecule is Cc1csc(NN=Cc2cc(I)cc(I)c2O)n1. The van der Waals surface area contributed by atoms with Crippen LogP contribution in [-0.2, 0) is 0 Å². The van der Waals surface area contributed by atoms with E-state index in [4.69, 9.17) is 0 Å². The fourth-order valence-corrected chi connectivity index (χ4v) is 3.77. The summed E-state index contributed by atoms with van der Waals surface area (Å²) < 4.78 is 1.87. The Morgan fingerprint density at radius 2 is 2.22 bits per heavy atom. The number of hydrogen-bond donors (Lipinski definition) is 2. The Balaban J connectivity index is 2.14. The van der Waals surface area contributed by atoms with E-state index in [1.165, 1.54) is 11.3 Å². The standard InChI is InChI=1S/C11H9I2N3OS/c1-6-5-18-11(15-6)16-14-4-7-2-8(12)3-9(13)10(7)17/h2-5,17H,1H3,(H,15,16). The van der Waals surface area contributed by atoms with Crippen molar-refractivity contribution in [3.05, 3.63) is 35.9 Å². The fraction of sp³-hybridized carbons (Fsp3) is 0.0909. The van der Waals surface area contributed by atoms with E-state index < -0.39 is 0 Å². The second-order valence-electron chi connectivity index (χ2n) is 3.49. The Kier molecular flexibility index (Phi) is 4.78. The lowest BCUT2D eigenvalue weighted by molar-refractivity contribution is 0.470. The van der Waals surface area contributed by atoms with E-state index in [2.05, 4.69) is 60.7 Å². The highest BCUT2D eigenvalue weighted by molar-refractivity contribution is 14.1. The van der Waals surface area contributed by atoms with Crippen LogP contribution in [0.4, 0.5) is 5.13 Å². The van der Waals surface area contributed by atoms with Gasteiger partial charge in [-0.2, -0.15) is 5.10 Å². The topological polar surface area (TPSA) is 57.5 Å². The summed E-state index contributed by atoms with van der Waals surface area (Å²) in [6.45, 7) is 1.93. The molecule has 0 radical (unpaired) electrons. The molecule has 0 bridgehead atoms. The number of anilines is 1. The quantitative estimate of drug-likeness (QED) is 0.395. The first-order valence-corrected chi connectivity index (χ1v) is 7.99. The molecule has 2 N–H and O–H groups in total. The monoisotopic (exact) mass is 485 g/mol. The average molecular weight is 485 g/mol. The third-order valence-electron chi connectivity index (χ3n) is 2.04. The van der Waals surface area contributed by atoms with E-state index in [1.807, 2.05) is 24.4 Å². The van der Waals surface area contributed by atoms with Crippen LogP contribution in [0.5, 0.6) is 5.75 Å². The van der Waals surface area contributed by atoms with Crippen molar-refractivity contribution in [2.24, 2.45) is 5.10 Å². The largest absolute Gasteiger partial charge is 0.506 e. The van der Waals surface area contributed by atoms with Gasteiger partial charge in [-0.3, -0.25) is 5.43 Å². The Bertz CT molecular complexity index is 598. The van der Waals surface area contributed by atoms with Crippen LogP contribution in [0.2, 0.25) is 0 Å². The minimum Gasteiger partial charge on any atom is -0.506 e. The van der Waals surface area contributed by atoms with Gasteiger partial charge in [0, 0.05) is 14.5 Å². The summed E-state index contributed by atoms with van der Waals surface area (Å²) in [5.74, 6) is 0.247. The van der Waals surface area contributed by atoms with Gasteiger partial charge < -0.3 is 5.11 Å². The van der Waals surface area contributed by atoms with Gasteiger partial charge in [0.05, 0.1) is 15.5 Å². The second-order valence-corrected chi connectivity index (χ2v) is 6.76. The normalized spacial score (nSPS) is 11.1. The van der Waals surface area contributed by atoms with Crippen LogP contribution in [0.1, 0.15) is 11.3 Å². The summed E-state index contributed by atoms with van der Waals surface area (Å²) in [7, 11) is 0. The number of rotatable bonds is 3. The predicted molar refractivity (Wildman–Crippen MR) is 91.6 cm³/mol. The van der Waals surface area contributed by atoms with Crippen LogP contribution in [0.3, 0.4) is 0 Å². The Labute approximate surface area is 136 Å². The first-order valence-electron chi connectivity index (χ1n) is 4.95. The van der Waals surface area contributed by atoms with Crippen molar-refractivity contribution in [3.8, 4) is 5.75 Å². The molecule has 94 valence electrons. The summed E-state index contributed by atoms with van der Waals surface area (Å²) in [6, 6.07) is 3.78. The van der Waals surface area contributed by atoms with Crippen molar-refractivity contribution >= 4 is 67.9 Å². The molecule has 0 aliphatic carbocycles. The average Bonchev–Trinajstić information content (AvgIpc) is 2.71. The lowest BCUT2D eigenvalue weighted by Crippen LogP contribution is -1.92. The number of benzene rings is 1. The van der Waals surface area contributed by atoms with E-state index in [0.717, 1.165) is 18.0 Å². The highest BCUT2D eigenvalue weighted by Crippen LogP contribution is 2.25. The van der Waals surface area contributed by atoms with E-state index >= 15 is 0 Å². The van der Waals surface area contributed by atoms with Crippen molar-refractivity contribution in [3.63, 3.8) is 0 Å². The Hall–Kier alpha value is -0.420. The van der Waals surface area contributed by atoms with E-state index in [1.54, 1.807) is 6.21 Å². The molecule has 18 heavy (non-hydrogen) atoms. The van der Waals surface area contributed by atoms with Crippen LogP contribution in [-0.4, -0.2) is 16.3 Å². The second kappa shape index (κ2) is 6.15. The van der Waals surface area contributed by atoms with Crippen molar-refractivity contribution < 1.29 is 5.11 Å². The first kappa shape index (κ1) is 14.0. The van der Waals surface area contributed by atoms with E-state index in [0.29, 0.717) is 5.56 Å². The van der Waals surface area contributed by atoms with Crippen LogP contribution in [0.15, 0.2) is 22.6 Å². The van der Waals surface area contributed by atoms with Gasteiger partial charge in [0.2, 0.25) is 5.13 Å². The number of thiazole rings is 1. The number of aromatic hydroxyl groups is 1. The number of phenols is 1. The highest BCUT2D eigenvalue weighted by atomic mass is 127. The number of hydrogen-bond acceptors (Lipinski definition) is 5. The Morgan fingerprint density at radius 3 is 2.89 bits per heavy atom. The van der Waals surface area contributed by atoms with Crippen molar-refractivity contribution in [2.75, 3.05) is 5.43 Å². The fourth-order valence-electron chi connectivity index (χ4n) is 1.25. The van der Waals surface area contributed by atoms with Crippen molar-refractivity contribution in [1.82, 2.24) is 4.98 Å². The van der Waals surface area contributed by atoms with E-state index in [-0.39, 0.29) is 5.75 Å². The van der Waals surface area contributed by atoms with Crippen molar-refractivity contribution in [2.45, 2.75) is 6.92 Å². The number of phenolic OH excluding ortho intramolecular Hbond substituents is 1. The number of nitrogens with zero attached hydrogens (tertiary/aromatic N) is 2. The molecule has 0 amide bonds. The smallest absolute Gasteiger partial charge is 0.203 e. The van der Waals surface area contributed by atoms with Gasteiger partial charge in [-0.15, -0.1) is 11.3 Å². The zero-order chi connectivity index (χ0) is 13.1. The lowest BCUT2D eigenvalue weighted by atomic mass is 10.2. The zero-order valence-corrected chi connectivity index (χ0v) is 14.4. The first-order chi connectivity index (χ1) is 8.56. The molecule has 0 unspecified atom stereocenters. The maximum absolute atomic E-state index is 9.88. The lowest BCUT2D eigenvalue weighted by Gasteiger charge is -2.02. The molecule has 7 heteroatoms. The molecule has 2 aromatic rings. The number of halogens is 2. The summed E-state index contributed by atoms with van der Waals surface area (Å²) in [4.78, 5) is 4.23. The predicted octanol–water partition coefficient (Wildman–Crippen LogP) is 3.81. The molecule has 1 heterocycles. The highest BCUT2D eigenvalue weighted by Gasteiger charge is 2.05. The van der Waals surface area contributed by atoms with Crippen LogP contribution in [0, 0.1) is 14.1 Å². The maximum Gasteiger partial charge on any atom is 0.203 e. The molecule has 0 aliphatic rings. The molecule has 0 saturated carbocycles. The number of hydrazone groups is 1. The minimum absolute atomic E-state index is 0.247. The molecule has 1 aromatic heterocycles. The van der Waals surface area contributed by atoms with Gasteiger partial charge in [-0.25, -0.2) is 4.98 Å². The molecule has 0 atom stereocenters. The zero-order valence-electron chi connectivity index (χ0n) is 9.32. The van der Waals surface area contributed by atoms with Gasteiger partial charge in [-0.05, 0) is 64.2 Å². The molecule has 4 nitrogen and oxygen atoms in total. The molecule has 0 fully saturated rings. The molecule has 0 aliphatic heterocycles. The van der Waals surface area contributed by atoms with Gasteiger partial charge in [-0.1, -0.05) is 0 Å². The van der Waals surface area contributed by atoms with Crippen molar-refractivity contribution in [1.29, 1.82) is 0 Å². The number of nitrogens with one attached hydrogen (secondary N) is 1. The van der Waals surface area contributed by atoms with Crippen LogP contribution >= 0.6 is 56.5 Å². The molecule has 1 aromatic carbocycles. The molecule has 2 rings (SSSR count). The third-order valence-corrected chi connectivity index (χ3v) is 4.35. The maximum atomic E-state index is 9.88. The summed E-state index contributed by atoms with van der Waals surface area (Å²) >= 11 is 5.79. The summed E-state index contributed by atoms with van der Waals surface area (Å²) in [5, 5.41) is 16.6. The summed E-state index contributed by atoms with van der Waals surface area (Å²) in [5.41, 5.74) is 4.49. The number of aryl methyl sites for hydroxylation is 1.